The van der Waals surface area contributed by atoms with Gasteiger partial charge in [-0.2, -0.15) is 5.10 Å². The topological polar surface area (TPSA) is 93.9 Å². The first-order valence-electron chi connectivity index (χ1n) is 8.12. The number of fused-ring (bicyclic) bond motifs is 1. The fourth-order valence-electron chi connectivity index (χ4n) is 2.79. The Bertz CT molecular complexity index is 1070. The largest absolute Gasteiger partial charge is 0.489 e. The molecule has 0 unspecified atom stereocenters. The number of carbonyl (C=O) groups excluding carboxylic acids is 1. The van der Waals surface area contributed by atoms with E-state index in [0.717, 1.165) is 27.8 Å². The van der Waals surface area contributed by atoms with Crippen molar-refractivity contribution in [2.75, 3.05) is 0 Å². The van der Waals surface area contributed by atoms with Crippen LogP contribution in [0.2, 0.25) is 0 Å². The van der Waals surface area contributed by atoms with Crippen LogP contribution in [0.5, 0.6) is 5.75 Å². The van der Waals surface area contributed by atoms with E-state index in [2.05, 4.69) is 15.2 Å². The SMILES string of the molecule is NC(=O)c1cc(-c2cccc(OCc3ccccc3)c2)c2cn[nH]c2n1. The lowest BCUT2D eigenvalue weighted by Crippen LogP contribution is -2.13. The highest BCUT2D eigenvalue weighted by atomic mass is 16.5. The van der Waals surface area contributed by atoms with E-state index in [1.165, 1.54) is 0 Å². The molecule has 2 aromatic carbocycles. The van der Waals surface area contributed by atoms with E-state index in [1.54, 1.807) is 12.3 Å². The van der Waals surface area contributed by atoms with Gasteiger partial charge < -0.3 is 10.5 Å². The van der Waals surface area contributed by atoms with E-state index < -0.39 is 5.91 Å². The van der Waals surface area contributed by atoms with Crippen LogP contribution in [0.15, 0.2) is 66.9 Å². The summed E-state index contributed by atoms with van der Waals surface area (Å²) in [7, 11) is 0. The zero-order chi connectivity index (χ0) is 17.9. The van der Waals surface area contributed by atoms with Gasteiger partial charge in [-0.3, -0.25) is 9.89 Å². The molecule has 26 heavy (non-hydrogen) atoms. The molecule has 0 aliphatic carbocycles. The second-order valence-electron chi connectivity index (χ2n) is 5.85. The van der Waals surface area contributed by atoms with Crippen molar-refractivity contribution in [3.05, 3.63) is 78.1 Å². The summed E-state index contributed by atoms with van der Waals surface area (Å²) in [4.78, 5) is 15.8. The lowest BCUT2D eigenvalue weighted by molar-refractivity contribution is 0.0996. The van der Waals surface area contributed by atoms with Gasteiger partial charge in [-0.25, -0.2) is 4.98 Å². The minimum atomic E-state index is -0.584. The molecule has 2 heterocycles. The Hall–Kier alpha value is -3.67. The van der Waals surface area contributed by atoms with Crippen LogP contribution in [0, 0.1) is 0 Å². The summed E-state index contributed by atoms with van der Waals surface area (Å²) in [5.41, 5.74) is 8.92. The van der Waals surface area contributed by atoms with Crippen LogP contribution in [-0.2, 0) is 6.61 Å². The van der Waals surface area contributed by atoms with Crippen LogP contribution in [0.1, 0.15) is 16.1 Å². The van der Waals surface area contributed by atoms with Crippen molar-refractivity contribution in [1.29, 1.82) is 0 Å². The van der Waals surface area contributed by atoms with Gasteiger partial charge >= 0.3 is 0 Å². The molecule has 4 aromatic rings. The molecule has 3 N–H and O–H groups in total. The Labute approximate surface area is 149 Å². The number of ether oxygens (including phenoxy) is 1. The summed E-state index contributed by atoms with van der Waals surface area (Å²) >= 11 is 0. The van der Waals surface area contributed by atoms with Crippen LogP contribution < -0.4 is 10.5 Å². The number of nitrogens with zero attached hydrogens (tertiary/aromatic N) is 2. The van der Waals surface area contributed by atoms with Gasteiger partial charge in [0.2, 0.25) is 0 Å². The fourth-order valence-corrected chi connectivity index (χ4v) is 2.79. The van der Waals surface area contributed by atoms with Gasteiger partial charge in [-0.1, -0.05) is 42.5 Å². The summed E-state index contributed by atoms with van der Waals surface area (Å²) < 4.78 is 5.89. The lowest BCUT2D eigenvalue weighted by atomic mass is 10.0. The molecule has 2 aromatic heterocycles. The van der Waals surface area contributed by atoms with Gasteiger partial charge in [0.25, 0.3) is 5.91 Å². The third-order valence-electron chi connectivity index (χ3n) is 4.07. The Balaban J connectivity index is 1.69. The summed E-state index contributed by atoms with van der Waals surface area (Å²) in [5.74, 6) is 0.152. The molecule has 0 fully saturated rings. The average molecular weight is 344 g/mol. The van der Waals surface area contributed by atoms with Crippen LogP contribution >= 0.6 is 0 Å². The van der Waals surface area contributed by atoms with Crippen molar-refractivity contribution in [2.45, 2.75) is 6.61 Å². The second kappa shape index (κ2) is 6.68. The minimum Gasteiger partial charge on any atom is -0.489 e. The first-order valence-corrected chi connectivity index (χ1v) is 8.12. The highest BCUT2D eigenvalue weighted by Gasteiger charge is 2.13. The number of H-pyrrole nitrogens is 1. The predicted octanol–water partition coefficient (Wildman–Crippen LogP) is 3.30. The second-order valence-corrected chi connectivity index (χ2v) is 5.85. The maximum absolute atomic E-state index is 11.6. The van der Waals surface area contributed by atoms with E-state index in [1.807, 2.05) is 54.6 Å². The molecular formula is C20H16N4O2. The first-order chi connectivity index (χ1) is 12.7. The van der Waals surface area contributed by atoms with E-state index in [-0.39, 0.29) is 5.69 Å². The van der Waals surface area contributed by atoms with E-state index in [4.69, 9.17) is 10.5 Å². The van der Waals surface area contributed by atoms with E-state index in [0.29, 0.717) is 12.3 Å². The molecule has 0 aliphatic rings. The maximum atomic E-state index is 11.6. The lowest BCUT2D eigenvalue weighted by Gasteiger charge is -2.10. The number of hydrogen-bond acceptors (Lipinski definition) is 4. The molecule has 0 atom stereocenters. The number of nitrogens with two attached hydrogens (primary N) is 1. The molecule has 6 nitrogen and oxygen atoms in total. The van der Waals surface area contributed by atoms with Crippen molar-refractivity contribution in [2.24, 2.45) is 5.73 Å². The van der Waals surface area contributed by atoms with Gasteiger partial charge in [0.15, 0.2) is 5.65 Å². The zero-order valence-corrected chi connectivity index (χ0v) is 13.8. The number of benzene rings is 2. The molecular weight excluding hydrogens is 328 g/mol. The van der Waals surface area contributed by atoms with Crippen LogP contribution in [0.3, 0.4) is 0 Å². The summed E-state index contributed by atoms with van der Waals surface area (Å²) in [5, 5.41) is 7.62. The first kappa shape index (κ1) is 15.8. The molecule has 4 rings (SSSR count). The quantitative estimate of drug-likeness (QED) is 0.581. The number of primary amides is 1. The number of carbonyl (C=O) groups is 1. The van der Waals surface area contributed by atoms with E-state index in [9.17, 15) is 4.79 Å². The van der Waals surface area contributed by atoms with Gasteiger partial charge in [0.05, 0.1) is 6.20 Å². The van der Waals surface area contributed by atoms with Crippen LogP contribution in [0.4, 0.5) is 0 Å². The summed E-state index contributed by atoms with van der Waals surface area (Å²) in [6.07, 6.45) is 1.68. The summed E-state index contributed by atoms with van der Waals surface area (Å²) in [6, 6.07) is 19.3. The van der Waals surface area contributed by atoms with Crippen LogP contribution in [0.25, 0.3) is 22.2 Å². The number of aromatic nitrogens is 3. The van der Waals surface area contributed by atoms with Crippen molar-refractivity contribution < 1.29 is 9.53 Å². The van der Waals surface area contributed by atoms with Crippen LogP contribution in [-0.4, -0.2) is 21.1 Å². The molecule has 0 aliphatic heterocycles. The Morgan fingerprint density at radius 2 is 1.92 bits per heavy atom. The number of hydrogen-bond donors (Lipinski definition) is 2. The maximum Gasteiger partial charge on any atom is 0.267 e. The predicted molar refractivity (Wildman–Crippen MR) is 98.6 cm³/mol. The third kappa shape index (κ3) is 3.12. The standard InChI is InChI=1S/C20H16N4O2/c21-19(25)18-10-16(17-11-22-24-20(17)23-18)14-7-4-8-15(9-14)26-12-13-5-2-1-3-6-13/h1-11H,12H2,(H2,21,25)(H,22,23,24). The molecule has 0 bridgehead atoms. The summed E-state index contributed by atoms with van der Waals surface area (Å²) in [6.45, 7) is 0.480. The molecule has 0 radical (unpaired) electrons. The van der Waals surface area contributed by atoms with Gasteiger partial charge in [-0.15, -0.1) is 0 Å². The number of aromatic amines is 1. The van der Waals surface area contributed by atoms with Gasteiger partial charge in [0.1, 0.15) is 18.1 Å². The molecule has 0 saturated carbocycles. The average Bonchev–Trinajstić information content (AvgIpc) is 3.15. The van der Waals surface area contributed by atoms with Crippen molar-refractivity contribution in [3.63, 3.8) is 0 Å². The molecule has 6 heteroatoms. The highest BCUT2D eigenvalue weighted by Crippen LogP contribution is 2.30. The number of pyridine rings is 1. The molecule has 0 spiro atoms. The molecule has 128 valence electrons. The highest BCUT2D eigenvalue weighted by molar-refractivity contribution is 5.99. The van der Waals surface area contributed by atoms with Gasteiger partial charge in [-0.05, 0) is 34.9 Å². The smallest absolute Gasteiger partial charge is 0.267 e. The van der Waals surface area contributed by atoms with Crippen molar-refractivity contribution >= 4 is 16.9 Å². The normalized spacial score (nSPS) is 10.8. The molecule has 1 amide bonds. The molecule has 0 saturated heterocycles. The fraction of sp³-hybridized carbons (Fsp3) is 0.0500. The number of nitrogens with one attached hydrogen (secondary N) is 1. The third-order valence-corrected chi connectivity index (χ3v) is 4.07. The van der Waals surface area contributed by atoms with Crippen molar-refractivity contribution in [1.82, 2.24) is 15.2 Å². The Kier molecular flexibility index (Phi) is 4.07. The Morgan fingerprint density at radius 1 is 1.08 bits per heavy atom. The Morgan fingerprint density at radius 3 is 2.73 bits per heavy atom. The van der Waals surface area contributed by atoms with Gasteiger partial charge in [0, 0.05) is 5.39 Å². The minimum absolute atomic E-state index is 0.187. The number of amides is 1. The monoisotopic (exact) mass is 344 g/mol. The number of rotatable bonds is 5. The zero-order valence-electron chi connectivity index (χ0n) is 13.8. The van der Waals surface area contributed by atoms with Crippen molar-refractivity contribution in [3.8, 4) is 16.9 Å². The van der Waals surface area contributed by atoms with E-state index >= 15 is 0 Å².